The first-order chi connectivity index (χ1) is 11.5. The number of nitrogens with one attached hydrogen (secondary N) is 2. The molecule has 5 heteroatoms. The number of anilines is 1. The van der Waals surface area contributed by atoms with Crippen LogP contribution < -0.4 is 15.4 Å². The van der Waals surface area contributed by atoms with Gasteiger partial charge in [0.1, 0.15) is 5.75 Å². The summed E-state index contributed by atoms with van der Waals surface area (Å²) in [4.78, 5) is 23.9. The fourth-order valence-electron chi connectivity index (χ4n) is 2.18. The molecule has 1 unspecified atom stereocenters. The van der Waals surface area contributed by atoms with Crippen molar-refractivity contribution in [1.82, 2.24) is 5.32 Å². The molecule has 2 N–H and O–H groups in total. The molecule has 2 rings (SSSR count). The molecule has 24 heavy (non-hydrogen) atoms. The van der Waals surface area contributed by atoms with Gasteiger partial charge in [0.25, 0.3) is 11.8 Å². The SMILES string of the molecule is CCC(Oc1ccc(C)cc1)C(=O)Nc1ccc(C(=O)NC)cc1. The van der Waals surface area contributed by atoms with E-state index in [4.69, 9.17) is 4.74 Å². The Morgan fingerprint density at radius 1 is 1.04 bits per heavy atom. The molecule has 5 nitrogen and oxygen atoms in total. The second kappa shape index (κ2) is 8.15. The summed E-state index contributed by atoms with van der Waals surface area (Å²) in [5.41, 5.74) is 2.30. The molecule has 2 aromatic rings. The van der Waals surface area contributed by atoms with Gasteiger partial charge in [-0.15, -0.1) is 0 Å². The lowest BCUT2D eigenvalue weighted by Crippen LogP contribution is -2.32. The zero-order valence-corrected chi connectivity index (χ0v) is 14.1. The number of rotatable bonds is 6. The number of carbonyl (C=O) groups excluding carboxylic acids is 2. The van der Waals surface area contributed by atoms with Crippen molar-refractivity contribution >= 4 is 17.5 Å². The highest BCUT2D eigenvalue weighted by Gasteiger charge is 2.18. The molecule has 1 atom stereocenters. The van der Waals surface area contributed by atoms with E-state index in [0.717, 1.165) is 5.56 Å². The third kappa shape index (κ3) is 4.59. The molecule has 0 radical (unpaired) electrons. The fourth-order valence-corrected chi connectivity index (χ4v) is 2.18. The Balaban J connectivity index is 2.00. The molecule has 0 bridgehead atoms. The van der Waals surface area contributed by atoms with Gasteiger partial charge in [-0.05, 0) is 49.7 Å². The molecular formula is C19H22N2O3. The molecule has 0 saturated carbocycles. The van der Waals surface area contributed by atoms with E-state index >= 15 is 0 Å². The Labute approximate surface area is 142 Å². The van der Waals surface area contributed by atoms with Gasteiger partial charge in [0.2, 0.25) is 0 Å². The zero-order valence-electron chi connectivity index (χ0n) is 14.1. The number of ether oxygens (including phenoxy) is 1. The molecular weight excluding hydrogens is 304 g/mol. The van der Waals surface area contributed by atoms with E-state index < -0.39 is 6.10 Å². The molecule has 126 valence electrons. The summed E-state index contributed by atoms with van der Waals surface area (Å²) in [5, 5.41) is 5.37. The van der Waals surface area contributed by atoms with Crippen molar-refractivity contribution in [3.8, 4) is 5.75 Å². The zero-order chi connectivity index (χ0) is 17.5. The summed E-state index contributed by atoms with van der Waals surface area (Å²) in [7, 11) is 1.58. The largest absolute Gasteiger partial charge is 0.481 e. The maximum absolute atomic E-state index is 12.4. The average molecular weight is 326 g/mol. The van der Waals surface area contributed by atoms with Gasteiger partial charge in [-0.1, -0.05) is 24.6 Å². The lowest BCUT2D eigenvalue weighted by atomic mass is 10.2. The van der Waals surface area contributed by atoms with Crippen LogP contribution in [0.1, 0.15) is 29.3 Å². The van der Waals surface area contributed by atoms with Crippen LogP contribution in [0.15, 0.2) is 48.5 Å². The Kier molecular flexibility index (Phi) is 5.95. The number of hydrogen-bond donors (Lipinski definition) is 2. The first-order valence-electron chi connectivity index (χ1n) is 7.89. The number of amides is 2. The van der Waals surface area contributed by atoms with Crippen molar-refractivity contribution in [3.63, 3.8) is 0 Å². The minimum absolute atomic E-state index is 0.165. The third-order valence-corrected chi connectivity index (χ3v) is 3.60. The van der Waals surface area contributed by atoms with E-state index in [1.54, 1.807) is 31.3 Å². The Hall–Kier alpha value is -2.82. The quantitative estimate of drug-likeness (QED) is 0.857. The molecule has 0 heterocycles. The van der Waals surface area contributed by atoms with Gasteiger partial charge in [0, 0.05) is 18.3 Å². The molecule has 0 aliphatic carbocycles. The standard InChI is InChI=1S/C19H22N2O3/c1-4-17(24-16-11-5-13(2)6-12-16)19(23)21-15-9-7-14(8-10-15)18(22)20-3/h5-12,17H,4H2,1-3H3,(H,20,22)(H,21,23). The van der Waals surface area contributed by atoms with Gasteiger partial charge >= 0.3 is 0 Å². The van der Waals surface area contributed by atoms with E-state index in [9.17, 15) is 9.59 Å². The topological polar surface area (TPSA) is 67.4 Å². The van der Waals surface area contributed by atoms with E-state index in [0.29, 0.717) is 23.4 Å². The lowest BCUT2D eigenvalue weighted by Gasteiger charge is -2.17. The van der Waals surface area contributed by atoms with E-state index in [2.05, 4.69) is 10.6 Å². The van der Waals surface area contributed by atoms with Crippen LogP contribution in [-0.4, -0.2) is 25.0 Å². The maximum Gasteiger partial charge on any atom is 0.265 e. The minimum Gasteiger partial charge on any atom is -0.481 e. The van der Waals surface area contributed by atoms with Gasteiger partial charge < -0.3 is 15.4 Å². The highest BCUT2D eigenvalue weighted by molar-refractivity contribution is 5.96. The van der Waals surface area contributed by atoms with Crippen molar-refractivity contribution < 1.29 is 14.3 Å². The molecule has 2 amide bonds. The van der Waals surface area contributed by atoms with Gasteiger partial charge in [0.05, 0.1) is 0 Å². The van der Waals surface area contributed by atoms with Gasteiger partial charge in [-0.3, -0.25) is 9.59 Å². The minimum atomic E-state index is -0.577. The summed E-state index contributed by atoms with van der Waals surface area (Å²) in [6.07, 6.45) is -0.0259. The predicted molar refractivity (Wildman–Crippen MR) is 94.3 cm³/mol. The van der Waals surface area contributed by atoms with E-state index in [1.807, 2.05) is 38.1 Å². The molecule has 0 aromatic heterocycles. The highest BCUT2D eigenvalue weighted by Crippen LogP contribution is 2.16. The van der Waals surface area contributed by atoms with Gasteiger partial charge in [-0.2, -0.15) is 0 Å². The molecule has 0 aliphatic heterocycles. The van der Waals surface area contributed by atoms with Crippen LogP contribution in [0.3, 0.4) is 0 Å². The molecule has 0 spiro atoms. The molecule has 0 aliphatic rings. The third-order valence-electron chi connectivity index (χ3n) is 3.60. The molecule has 2 aromatic carbocycles. The fraction of sp³-hybridized carbons (Fsp3) is 0.263. The van der Waals surface area contributed by atoms with Crippen LogP contribution in [0, 0.1) is 6.92 Å². The average Bonchev–Trinajstić information content (AvgIpc) is 2.61. The Morgan fingerprint density at radius 3 is 2.21 bits per heavy atom. The number of benzene rings is 2. The second-order valence-corrected chi connectivity index (χ2v) is 5.47. The van der Waals surface area contributed by atoms with Crippen molar-refractivity contribution in [2.75, 3.05) is 12.4 Å². The van der Waals surface area contributed by atoms with Crippen LogP contribution in [0.2, 0.25) is 0 Å². The van der Waals surface area contributed by atoms with Gasteiger partial charge in [0.15, 0.2) is 6.10 Å². The van der Waals surface area contributed by atoms with Crippen molar-refractivity contribution in [2.24, 2.45) is 0 Å². The maximum atomic E-state index is 12.4. The summed E-state index contributed by atoms with van der Waals surface area (Å²) >= 11 is 0. The predicted octanol–water partition coefficient (Wildman–Crippen LogP) is 3.15. The van der Waals surface area contributed by atoms with Gasteiger partial charge in [-0.25, -0.2) is 0 Å². The normalized spacial score (nSPS) is 11.5. The monoisotopic (exact) mass is 326 g/mol. The van der Waals surface area contributed by atoms with Crippen molar-refractivity contribution in [2.45, 2.75) is 26.4 Å². The first-order valence-corrected chi connectivity index (χ1v) is 7.89. The van der Waals surface area contributed by atoms with Crippen LogP contribution in [0.25, 0.3) is 0 Å². The smallest absolute Gasteiger partial charge is 0.265 e. The van der Waals surface area contributed by atoms with E-state index in [-0.39, 0.29) is 11.8 Å². The summed E-state index contributed by atoms with van der Waals surface area (Å²) in [5.74, 6) is 0.283. The number of carbonyl (C=O) groups is 2. The van der Waals surface area contributed by atoms with Crippen LogP contribution in [-0.2, 0) is 4.79 Å². The van der Waals surface area contributed by atoms with Crippen LogP contribution in [0.4, 0.5) is 5.69 Å². The number of aryl methyl sites for hydroxylation is 1. The van der Waals surface area contributed by atoms with Crippen molar-refractivity contribution in [1.29, 1.82) is 0 Å². The summed E-state index contributed by atoms with van der Waals surface area (Å²) in [6, 6.07) is 14.3. The molecule has 0 fully saturated rings. The Morgan fingerprint density at radius 2 is 1.67 bits per heavy atom. The second-order valence-electron chi connectivity index (χ2n) is 5.47. The number of hydrogen-bond acceptors (Lipinski definition) is 3. The summed E-state index contributed by atoms with van der Waals surface area (Å²) in [6.45, 7) is 3.89. The lowest BCUT2D eigenvalue weighted by molar-refractivity contribution is -0.122. The van der Waals surface area contributed by atoms with Crippen molar-refractivity contribution in [3.05, 3.63) is 59.7 Å². The first kappa shape index (κ1) is 17.5. The van der Waals surface area contributed by atoms with Crippen LogP contribution >= 0.6 is 0 Å². The Bertz CT molecular complexity index is 694. The molecule has 0 saturated heterocycles. The summed E-state index contributed by atoms with van der Waals surface area (Å²) < 4.78 is 5.76. The van der Waals surface area contributed by atoms with Crippen LogP contribution in [0.5, 0.6) is 5.75 Å². The van der Waals surface area contributed by atoms with E-state index in [1.165, 1.54) is 0 Å². The highest BCUT2D eigenvalue weighted by atomic mass is 16.5.